The van der Waals surface area contributed by atoms with Crippen molar-refractivity contribution < 1.29 is 17.6 Å². The zero-order valence-corrected chi connectivity index (χ0v) is 14.0. The van der Waals surface area contributed by atoms with Crippen molar-refractivity contribution in [2.75, 3.05) is 20.1 Å². The molecule has 2 rings (SSSR count). The van der Waals surface area contributed by atoms with Gasteiger partial charge in [0.25, 0.3) is 0 Å². The van der Waals surface area contributed by atoms with Crippen LogP contribution < -0.4 is 11.1 Å². The molecule has 1 heterocycles. The van der Waals surface area contributed by atoms with E-state index in [1.165, 1.54) is 29.6 Å². The molecule has 0 atom stereocenters. The number of carbonyl (C=O) groups excluding carboxylic acids is 1. The van der Waals surface area contributed by atoms with Crippen LogP contribution in [-0.4, -0.2) is 43.3 Å². The standard InChI is InChI=1S/C14H19N3O5S/c1-4-16(5-2)23(20,21)10-6-7-11-12(8-10)22-14(19)17(11)9-13(18)15-3/h6-8H,4-5,9H2,1-3H3,(H,15,18). The summed E-state index contributed by atoms with van der Waals surface area (Å²) >= 11 is 0. The minimum absolute atomic E-state index is 0.0505. The predicted molar refractivity (Wildman–Crippen MR) is 84.6 cm³/mol. The number of oxazole rings is 1. The zero-order valence-electron chi connectivity index (χ0n) is 13.2. The largest absolute Gasteiger partial charge is 0.420 e. The van der Waals surface area contributed by atoms with E-state index in [1.807, 2.05) is 0 Å². The highest BCUT2D eigenvalue weighted by atomic mass is 32.2. The molecule has 0 unspecified atom stereocenters. The molecule has 0 saturated carbocycles. The number of hydrogen-bond acceptors (Lipinski definition) is 5. The van der Waals surface area contributed by atoms with Crippen LogP contribution in [-0.2, 0) is 21.4 Å². The van der Waals surface area contributed by atoms with Crippen molar-refractivity contribution in [1.82, 2.24) is 14.2 Å². The van der Waals surface area contributed by atoms with Crippen molar-refractivity contribution in [1.29, 1.82) is 0 Å². The topological polar surface area (TPSA) is 102 Å². The highest BCUT2D eigenvalue weighted by Gasteiger charge is 2.23. The van der Waals surface area contributed by atoms with Crippen molar-refractivity contribution in [3.05, 3.63) is 28.7 Å². The van der Waals surface area contributed by atoms with Gasteiger partial charge in [-0.15, -0.1) is 0 Å². The van der Waals surface area contributed by atoms with Crippen molar-refractivity contribution in [2.45, 2.75) is 25.3 Å². The van der Waals surface area contributed by atoms with Crippen LogP contribution >= 0.6 is 0 Å². The normalized spacial score (nSPS) is 12.0. The van der Waals surface area contributed by atoms with Crippen molar-refractivity contribution in [2.24, 2.45) is 0 Å². The van der Waals surface area contributed by atoms with Gasteiger partial charge in [0.1, 0.15) is 6.54 Å². The number of carbonyl (C=O) groups is 1. The van der Waals surface area contributed by atoms with E-state index in [9.17, 15) is 18.0 Å². The quantitative estimate of drug-likeness (QED) is 0.818. The first-order valence-electron chi connectivity index (χ1n) is 7.19. The van der Waals surface area contributed by atoms with E-state index >= 15 is 0 Å². The number of sulfonamides is 1. The molecule has 126 valence electrons. The van der Waals surface area contributed by atoms with Gasteiger partial charge in [0.15, 0.2) is 5.58 Å². The number of hydrogen-bond donors (Lipinski definition) is 1. The summed E-state index contributed by atoms with van der Waals surface area (Å²) in [6, 6.07) is 4.19. The van der Waals surface area contributed by atoms with Gasteiger partial charge in [-0.1, -0.05) is 13.8 Å². The second kappa shape index (κ2) is 6.55. The number of rotatable bonds is 6. The van der Waals surface area contributed by atoms with E-state index < -0.39 is 15.8 Å². The van der Waals surface area contributed by atoms with Crippen LogP contribution in [0.2, 0.25) is 0 Å². The molecule has 0 bridgehead atoms. The number of benzene rings is 1. The van der Waals surface area contributed by atoms with E-state index in [0.29, 0.717) is 18.6 Å². The molecule has 0 saturated heterocycles. The molecule has 8 nitrogen and oxygen atoms in total. The third-order valence-corrected chi connectivity index (χ3v) is 5.61. The zero-order chi connectivity index (χ0) is 17.2. The Kier molecular flexibility index (Phi) is 4.90. The lowest BCUT2D eigenvalue weighted by Gasteiger charge is -2.18. The maximum absolute atomic E-state index is 12.5. The van der Waals surface area contributed by atoms with E-state index in [-0.39, 0.29) is 22.9 Å². The average molecular weight is 341 g/mol. The van der Waals surface area contributed by atoms with Gasteiger partial charge in [0, 0.05) is 26.2 Å². The first-order valence-corrected chi connectivity index (χ1v) is 8.63. The molecule has 23 heavy (non-hydrogen) atoms. The fraction of sp³-hybridized carbons (Fsp3) is 0.429. The molecule has 0 radical (unpaired) electrons. The summed E-state index contributed by atoms with van der Waals surface area (Å²) in [7, 11) is -2.18. The lowest BCUT2D eigenvalue weighted by atomic mass is 10.3. The maximum Gasteiger partial charge on any atom is 0.420 e. The Bertz CT molecular complexity index is 877. The van der Waals surface area contributed by atoms with Crippen LogP contribution in [0.25, 0.3) is 11.1 Å². The molecule has 1 aromatic carbocycles. The van der Waals surface area contributed by atoms with E-state index in [2.05, 4.69) is 5.32 Å². The summed E-state index contributed by atoms with van der Waals surface area (Å²) in [4.78, 5) is 23.4. The molecular weight excluding hydrogens is 322 g/mol. The Morgan fingerprint density at radius 3 is 2.52 bits per heavy atom. The fourth-order valence-electron chi connectivity index (χ4n) is 2.29. The molecule has 0 aliphatic heterocycles. The van der Waals surface area contributed by atoms with Gasteiger partial charge >= 0.3 is 5.76 Å². The minimum atomic E-state index is -3.64. The number of likely N-dealkylation sites (N-methyl/N-ethyl adjacent to an activating group) is 1. The van der Waals surface area contributed by atoms with Crippen LogP contribution in [0, 0.1) is 0 Å². The van der Waals surface area contributed by atoms with Crippen LogP contribution in [0.3, 0.4) is 0 Å². The van der Waals surface area contributed by atoms with Crippen molar-refractivity contribution >= 4 is 27.0 Å². The second-order valence-corrected chi connectivity index (χ2v) is 6.78. The lowest BCUT2D eigenvalue weighted by Crippen LogP contribution is -2.30. The van der Waals surface area contributed by atoms with Crippen LogP contribution in [0.1, 0.15) is 13.8 Å². The summed E-state index contributed by atoms with van der Waals surface area (Å²) in [6.45, 7) is 4.00. The number of nitrogens with zero attached hydrogens (tertiary/aromatic N) is 2. The molecule has 1 N–H and O–H groups in total. The highest BCUT2D eigenvalue weighted by molar-refractivity contribution is 7.89. The molecule has 1 amide bonds. The van der Waals surface area contributed by atoms with Crippen LogP contribution in [0.4, 0.5) is 0 Å². The van der Waals surface area contributed by atoms with Gasteiger partial charge in [0.05, 0.1) is 10.4 Å². The number of nitrogens with one attached hydrogen (secondary N) is 1. The van der Waals surface area contributed by atoms with Crippen molar-refractivity contribution in [3.63, 3.8) is 0 Å². The Labute approximate surface area is 133 Å². The van der Waals surface area contributed by atoms with Gasteiger partial charge in [-0.25, -0.2) is 13.2 Å². The first-order chi connectivity index (χ1) is 10.8. The maximum atomic E-state index is 12.5. The Morgan fingerprint density at radius 1 is 1.30 bits per heavy atom. The summed E-state index contributed by atoms with van der Waals surface area (Å²) < 4.78 is 32.5. The summed E-state index contributed by atoms with van der Waals surface area (Å²) in [6.07, 6.45) is 0. The summed E-state index contributed by atoms with van der Waals surface area (Å²) in [5, 5.41) is 2.42. The minimum Gasteiger partial charge on any atom is -0.408 e. The van der Waals surface area contributed by atoms with Gasteiger partial charge in [-0.3, -0.25) is 9.36 Å². The molecule has 0 fully saturated rings. The van der Waals surface area contributed by atoms with E-state index in [0.717, 1.165) is 4.57 Å². The smallest absolute Gasteiger partial charge is 0.408 e. The number of aromatic nitrogens is 1. The molecule has 1 aromatic heterocycles. The van der Waals surface area contributed by atoms with Crippen molar-refractivity contribution in [3.8, 4) is 0 Å². The molecular formula is C14H19N3O5S. The summed E-state index contributed by atoms with van der Waals surface area (Å²) in [5.74, 6) is -1.06. The monoisotopic (exact) mass is 341 g/mol. The molecule has 9 heteroatoms. The second-order valence-electron chi connectivity index (χ2n) is 4.85. The van der Waals surface area contributed by atoms with Gasteiger partial charge < -0.3 is 9.73 Å². The molecule has 0 spiro atoms. The lowest BCUT2D eigenvalue weighted by molar-refractivity contribution is -0.121. The van der Waals surface area contributed by atoms with E-state index in [4.69, 9.17) is 4.42 Å². The third kappa shape index (κ3) is 3.15. The SMILES string of the molecule is CCN(CC)S(=O)(=O)c1ccc2c(c1)oc(=O)n2CC(=O)NC. The average Bonchev–Trinajstić information content (AvgIpc) is 2.83. The first kappa shape index (κ1) is 17.2. The number of amides is 1. The van der Waals surface area contributed by atoms with Crippen LogP contribution in [0.15, 0.2) is 32.3 Å². The number of fused-ring (bicyclic) bond motifs is 1. The van der Waals surface area contributed by atoms with Crippen LogP contribution in [0.5, 0.6) is 0 Å². The van der Waals surface area contributed by atoms with E-state index in [1.54, 1.807) is 13.8 Å². The Morgan fingerprint density at radius 2 is 1.96 bits per heavy atom. The molecule has 0 aliphatic rings. The predicted octanol–water partition coefficient (Wildman–Crippen LogP) is 0.371. The van der Waals surface area contributed by atoms with Gasteiger partial charge in [-0.05, 0) is 12.1 Å². The fourth-order valence-corrected chi connectivity index (χ4v) is 3.77. The highest BCUT2D eigenvalue weighted by Crippen LogP contribution is 2.21. The van der Waals surface area contributed by atoms with Gasteiger partial charge in [-0.2, -0.15) is 4.31 Å². The Balaban J connectivity index is 2.53. The third-order valence-electron chi connectivity index (χ3n) is 3.56. The molecule has 2 aromatic rings. The Hall–Kier alpha value is -2.13. The summed E-state index contributed by atoms with van der Waals surface area (Å²) in [5.41, 5.74) is 0.504. The van der Waals surface area contributed by atoms with Gasteiger partial charge in [0.2, 0.25) is 15.9 Å². The molecule has 0 aliphatic carbocycles.